The first-order valence-corrected chi connectivity index (χ1v) is 5.71. The maximum atomic E-state index is 11.5. The van der Waals surface area contributed by atoms with Crippen molar-refractivity contribution in [3.63, 3.8) is 0 Å². The van der Waals surface area contributed by atoms with Crippen molar-refractivity contribution in [1.29, 1.82) is 0 Å². The van der Waals surface area contributed by atoms with Crippen molar-refractivity contribution in [2.75, 3.05) is 11.9 Å². The third-order valence-corrected chi connectivity index (χ3v) is 1.96. The Morgan fingerprint density at radius 3 is 2.71 bits per heavy atom. The predicted octanol–water partition coefficient (Wildman–Crippen LogP) is 1.50. The molecule has 0 saturated carbocycles. The van der Waals surface area contributed by atoms with Crippen LogP contribution in [0, 0.1) is 6.92 Å². The van der Waals surface area contributed by atoms with Crippen molar-refractivity contribution >= 4 is 11.7 Å². The molecule has 0 aliphatic rings. The van der Waals surface area contributed by atoms with E-state index in [0.717, 1.165) is 5.56 Å². The Labute approximate surface area is 102 Å². The van der Waals surface area contributed by atoms with E-state index >= 15 is 0 Å². The Bertz CT molecular complexity index is 384. The molecule has 1 aromatic rings. The number of rotatable bonds is 4. The second-order valence-electron chi connectivity index (χ2n) is 5.09. The van der Waals surface area contributed by atoms with E-state index in [4.69, 9.17) is 0 Å². The van der Waals surface area contributed by atoms with Crippen molar-refractivity contribution in [2.24, 2.45) is 0 Å². The van der Waals surface area contributed by atoms with Crippen LogP contribution >= 0.6 is 0 Å². The lowest BCUT2D eigenvalue weighted by Crippen LogP contribution is -2.41. The van der Waals surface area contributed by atoms with Crippen LogP contribution in [0.25, 0.3) is 0 Å². The number of amides is 1. The van der Waals surface area contributed by atoms with E-state index in [1.807, 2.05) is 33.8 Å². The lowest BCUT2D eigenvalue weighted by molar-refractivity contribution is -0.122. The molecule has 94 valence electrons. The number of carbonyl (C=O) groups is 1. The molecule has 0 aliphatic carbocycles. The fourth-order valence-corrected chi connectivity index (χ4v) is 1.34. The molecule has 0 spiro atoms. The van der Waals surface area contributed by atoms with Crippen molar-refractivity contribution in [1.82, 2.24) is 15.5 Å². The van der Waals surface area contributed by atoms with Crippen molar-refractivity contribution in [3.05, 3.63) is 17.8 Å². The van der Waals surface area contributed by atoms with Crippen LogP contribution in [0.15, 0.2) is 12.3 Å². The van der Waals surface area contributed by atoms with Crippen LogP contribution in [0.1, 0.15) is 32.8 Å². The number of nitrogens with one attached hydrogen (secondary N) is 2. The van der Waals surface area contributed by atoms with E-state index in [2.05, 4.69) is 20.8 Å². The van der Waals surface area contributed by atoms with Crippen molar-refractivity contribution in [2.45, 2.75) is 39.7 Å². The molecule has 2 N–H and O–H groups in total. The largest absolute Gasteiger partial charge is 0.368 e. The van der Waals surface area contributed by atoms with Gasteiger partial charge in [-0.25, -0.2) is 0 Å². The summed E-state index contributed by atoms with van der Waals surface area (Å²) in [7, 11) is 0. The number of hydrogen-bond acceptors (Lipinski definition) is 4. The van der Waals surface area contributed by atoms with Gasteiger partial charge in [0.15, 0.2) is 0 Å². The van der Waals surface area contributed by atoms with Gasteiger partial charge in [0.25, 0.3) is 0 Å². The first-order chi connectivity index (χ1) is 7.87. The third kappa shape index (κ3) is 5.85. The quantitative estimate of drug-likeness (QED) is 0.831. The zero-order valence-corrected chi connectivity index (χ0v) is 10.9. The minimum atomic E-state index is -0.180. The molecule has 0 atom stereocenters. The Hall–Kier alpha value is -1.65. The van der Waals surface area contributed by atoms with E-state index in [0.29, 0.717) is 18.8 Å². The Kier molecular flexibility index (Phi) is 4.43. The maximum absolute atomic E-state index is 11.5. The Balaban J connectivity index is 2.31. The summed E-state index contributed by atoms with van der Waals surface area (Å²) in [5.41, 5.74) is 0.863. The normalized spacial score (nSPS) is 11.1. The van der Waals surface area contributed by atoms with Gasteiger partial charge in [-0.05, 0) is 39.3 Å². The summed E-state index contributed by atoms with van der Waals surface area (Å²) in [5.74, 6) is 0.735. The molecule has 0 unspecified atom stereocenters. The summed E-state index contributed by atoms with van der Waals surface area (Å²) >= 11 is 0. The van der Waals surface area contributed by atoms with E-state index < -0.39 is 0 Å². The van der Waals surface area contributed by atoms with Gasteiger partial charge in [0.05, 0.1) is 6.20 Å². The van der Waals surface area contributed by atoms with Crippen LogP contribution in [0.5, 0.6) is 0 Å². The molecule has 0 radical (unpaired) electrons. The third-order valence-electron chi connectivity index (χ3n) is 1.96. The highest BCUT2D eigenvalue weighted by Crippen LogP contribution is 2.03. The van der Waals surface area contributed by atoms with Gasteiger partial charge in [0.2, 0.25) is 5.91 Å². The number of nitrogens with zero attached hydrogens (tertiary/aromatic N) is 2. The summed E-state index contributed by atoms with van der Waals surface area (Å²) in [6.07, 6.45) is 2.12. The first-order valence-electron chi connectivity index (χ1n) is 5.71. The average molecular weight is 236 g/mol. The molecule has 17 heavy (non-hydrogen) atoms. The Morgan fingerprint density at radius 2 is 2.12 bits per heavy atom. The molecule has 1 heterocycles. The summed E-state index contributed by atoms with van der Waals surface area (Å²) in [6, 6.07) is 1.90. The number of anilines is 1. The molecule has 0 fully saturated rings. The van der Waals surface area contributed by atoms with E-state index in [-0.39, 0.29) is 11.4 Å². The summed E-state index contributed by atoms with van der Waals surface area (Å²) in [5, 5.41) is 13.7. The molecule has 0 aromatic carbocycles. The molecule has 1 aromatic heterocycles. The zero-order valence-electron chi connectivity index (χ0n) is 10.9. The first kappa shape index (κ1) is 13.4. The van der Waals surface area contributed by atoms with E-state index in [1.54, 1.807) is 6.20 Å². The summed E-state index contributed by atoms with van der Waals surface area (Å²) < 4.78 is 0. The number of hydrogen-bond donors (Lipinski definition) is 2. The van der Waals surface area contributed by atoms with Gasteiger partial charge >= 0.3 is 0 Å². The average Bonchev–Trinajstić information content (AvgIpc) is 2.14. The molecule has 0 bridgehead atoms. The van der Waals surface area contributed by atoms with Gasteiger partial charge in [-0.3, -0.25) is 4.79 Å². The molecule has 0 aliphatic heterocycles. The number of aryl methyl sites for hydroxylation is 1. The lowest BCUT2D eigenvalue weighted by atomic mass is 10.1. The standard InChI is InChI=1S/C12H20N4O/c1-9-7-10(16-14-8-9)13-6-5-11(17)15-12(2,3)4/h7-8H,5-6H2,1-4H3,(H,13,16)(H,15,17). The molecular weight excluding hydrogens is 216 g/mol. The molecule has 5 heteroatoms. The summed E-state index contributed by atoms with van der Waals surface area (Å²) in [4.78, 5) is 11.5. The van der Waals surface area contributed by atoms with E-state index in [9.17, 15) is 4.79 Å². The minimum Gasteiger partial charge on any atom is -0.368 e. The van der Waals surface area contributed by atoms with Gasteiger partial charge in [-0.1, -0.05) is 0 Å². The summed E-state index contributed by atoms with van der Waals surface area (Å²) in [6.45, 7) is 8.39. The number of aromatic nitrogens is 2. The molecule has 5 nitrogen and oxygen atoms in total. The minimum absolute atomic E-state index is 0.0330. The highest BCUT2D eigenvalue weighted by molar-refractivity contribution is 5.77. The molecule has 1 amide bonds. The van der Waals surface area contributed by atoms with E-state index in [1.165, 1.54) is 0 Å². The fourth-order valence-electron chi connectivity index (χ4n) is 1.34. The van der Waals surface area contributed by atoms with Crippen LogP contribution < -0.4 is 10.6 Å². The van der Waals surface area contributed by atoms with Crippen molar-refractivity contribution in [3.8, 4) is 0 Å². The van der Waals surface area contributed by atoms with Crippen LogP contribution in [0.2, 0.25) is 0 Å². The molecule has 1 rings (SSSR count). The molecule has 0 saturated heterocycles. The van der Waals surface area contributed by atoms with Crippen LogP contribution in [-0.2, 0) is 4.79 Å². The topological polar surface area (TPSA) is 66.9 Å². The van der Waals surface area contributed by atoms with Crippen LogP contribution in [0.3, 0.4) is 0 Å². The maximum Gasteiger partial charge on any atom is 0.222 e. The monoisotopic (exact) mass is 236 g/mol. The number of carbonyl (C=O) groups excluding carboxylic acids is 1. The van der Waals surface area contributed by atoms with Crippen molar-refractivity contribution < 1.29 is 4.79 Å². The highest BCUT2D eigenvalue weighted by Gasteiger charge is 2.12. The lowest BCUT2D eigenvalue weighted by Gasteiger charge is -2.20. The van der Waals surface area contributed by atoms with Gasteiger partial charge in [0.1, 0.15) is 5.82 Å². The van der Waals surface area contributed by atoms with Gasteiger partial charge < -0.3 is 10.6 Å². The second kappa shape index (κ2) is 5.61. The smallest absolute Gasteiger partial charge is 0.222 e. The molecular formula is C12H20N4O. The highest BCUT2D eigenvalue weighted by atomic mass is 16.1. The van der Waals surface area contributed by atoms with Crippen LogP contribution in [0.4, 0.5) is 5.82 Å². The van der Waals surface area contributed by atoms with Crippen LogP contribution in [-0.4, -0.2) is 28.2 Å². The fraction of sp³-hybridized carbons (Fsp3) is 0.583. The second-order valence-corrected chi connectivity index (χ2v) is 5.09. The van der Waals surface area contributed by atoms with Gasteiger partial charge in [-0.2, -0.15) is 5.10 Å². The zero-order chi connectivity index (χ0) is 12.9. The van der Waals surface area contributed by atoms with Gasteiger partial charge in [-0.15, -0.1) is 5.10 Å². The van der Waals surface area contributed by atoms with Gasteiger partial charge in [0, 0.05) is 18.5 Å². The SMILES string of the molecule is Cc1cnnc(NCCC(=O)NC(C)(C)C)c1. The predicted molar refractivity (Wildman–Crippen MR) is 67.8 cm³/mol. The Morgan fingerprint density at radius 1 is 1.41 bits per heavy atom.